The van der Waals surface area contributed by atoms with Gasteiger partial charge < -0.3 is 4.74 Å². The fraction of sp³-hybridized carbons (Fsp3) is 0.167. The zero-order valence-electron chi connectivity index (χ0n) is 9.13. The predicted octanol–water partition coefficient (Wildman–Crippen LogP) is 3.19. The summed E-state index contributed by atoms with van der Waals surface area (Å²) in [5, 5.41) is 16.8. The van der Waals surface area contributed by atoms with Crippen molar-refractivity contribution in [2.75, 3.05) is 6.61 Å². The van der Waals surface area contributed by atoms with Gasteiger partial charge in [0.1, 0.15) is 11.8 Å². The van der Waals surface area contributed by atoms with Crippen LogP contribution in [0.1, 0.15) is 11.3 Å². The van der Waals surface area contributed by atoms with Crippen LogP contribution in [-0.4, -0.2) is 16.8 Å². The van der Waals surface area contributed by atoms with Gasteiger partial charge in [-0.3, -0.25) is 5.10 Å². The van der Waals surface area contributed by atoms with Crippen molar-refractivity contribution in [2.45, 2.75) is 6.42 Å². The van der Waals surface area contributed by atoms with E-state index in [2.05, 4.69) is 16.3 Å². The van der Waals surface area contributed by atoms with Gasteiger partial charge in [-0.15, -0.1) is 0 Å². The summed E-state index contributed by atoms with van der Waals surface area (Å²) < 4.78 is 5.63. The summed E-state index contributed by atoms with van der Waals surface area (Å²) in [5.74, 6) is 0.577. The molecule has 0 atom stereocenters. The first-order chi connectivity index (χ1) is 8.70. The molecule has 6 heteroatoms. The Bertz CT molecular complexity index is 673. The number of fused-ring (bicyclic) bond motifs is 3. The molecule has 2 aromatic rings. The van der Waals surface area contributed by atoms with Crippen molar-refractivity contribution in [1.29, 1.82) is 5.26 Å². The van der Waals surface area contributed by atoms with E-state index in [1.165, 1.54) is 0 Å². The van der Waals surface area contributed by atoms with Gasteiger partial charge in [0.05, 0.1) is 17.3 Å². The maximum absolute atomic E-state index is 9.01. The Hall–Kier alpha value is -1.70. The lowest BCUT2D eigenvalue weighted by atomic mass is 10.0. The summed E-state index contributed by atoms with van der Waals surface area (Å²) in [6.07, 6.45) is 0.608. The van der Waals surface area contributed by atoms with E-state index in [4.69, 9.17) is 33.2 Å². The monoisotopic (exact) mass is 279 g/mol. The number of hydrogen-bond donors (Lipinski definition) is 1. The minimum atomic E-state index is 0.387. The van der Waals surface area contributed by atoms with Crippen molar-refractivity contribution < 1.29 is 4.74 Å². The zero-order chi connectivity index (χ0) is 12.7. The van der Waals surface area contributed by atoms with E-state index in [1.54, 1.807) is 12.1 Å². The molecule has 0 bridgehead atoms. The van der Waals surface area contributed by atoms with Crippen molar-refractivity contribution in [3.8, 4) is 23.1 Å². The normalized spacial score (nSPS) is 12.9. The smallest absolute Gasteiger partial charge is 0.166 e. The van der Waals surface area contributed by atoms with Crippen LogP contribution >= 0.6 is 23.2 Å². The standard InChI is InChI=1S/C12H7Cl2N3O/c13-6-3-8-11-7(10(5-15)16-17-11)1-2-18-12(8)9(14)4-6/h3-4H,1-2H2,(H,16,17). The molecule has 1 N–H and O–H groups in total. The molecule has 0 amide bonds. The van der Waals surface area contributed by atoms with Gasteiger partial charge in [0.25, 0.3) is 0 Å². The van der Waals surface area contributed by atoms with Crippen molar-refractivity contribution in [1.82, 2.24) is 10.2 Å². The van der Waals surface area contributed by atoms with Crippen molar-refractivity contribution >= 4 is 23.2 Å². The quantitative estimate of drug-likeness (QED) is 0.806. The SMILES string of the molecule is N#Cc1n[nH]c2c1CCOc1c(Cl)cc(Cl)cc1-2. The number of halogens is 2. The third-order valence-electron chi connectivity index (χ3n) is 2.85. The summed E-state index contributed by atoms with van der Waals surface area (Å²) in [7, 11) is 0. The van der Waals surface area contributed by atoms with Crippen LogP contribution in [0.3, 0.4) is 0 Å². The van der Waals surface area contributed by atoms with E-state index in [0.717, 1.165) is 16.8 Å². The lowest BCUT2D eigenvalue weighted by Gasteiger charge is -2.09. The average molecular weight is 280 g/mol. The van der Waals surface area contributed by atoms with Crippen LogP contribution in [0.15, 0.2) is 12.1 Å². The number of ether oxygens (including phenoxy) is 1. The maximum atomic E-state index is 9.01. The molecule has 90 valence electrons. The molecule has 0 fully saturated rings. The summed E-state index contributed by atoms with van der Waals surface area (Å²) in [4.78, 5) is 0. The van der Waals surface area contributed by atoms with Crippen LogP contribution in [0.5, 0.6) is 5.75 Å². The number of nitrogens with zero attached hydrogens (tertiary/aromatic N) is 2. The molecular formula is C12H7Cl2N3O. The molecule has 1 aliphatic heterocycles. The van der Waals surface area contributed by atoms with Gasteiger partial charge in [-0.2, -0.15) is 10.4 Å². The first-order valence-corrected chi connectivity index (χ1v) is 6.06. The summed E-state index contributed by atoms with van der Waals surface area (Å²) in [6, 6.07) is 5.45. The van der Waals surface area contributed by atoms with Crippen LogP contribution < -0.4 is 4.74 Å². The first kappa shape index (κ1) is 11.4. The highest BCUT2D eigenvalue weighted by Gasteiger charge is 2.23. The van der Waals surface area contributed by atoms with E-state index in [0.29, 0.717) is 34.5 Å². The Morgan fingerprint density at radius 2 is 2.22 bits per heavy atom. The Kier molecular flexibility index (Phi) is 2.66. The highest BCUT2D eigenvalue weighted by Crippen LogP contribution is 2.41. The molecule has 4 nitrogen and oxygen atoms in total. The maximum Gasteiger partial charge on any atom is 0.166 e. The van der Waals surface area contributed by atoms with Gasteiger partial charge in [-0.25, -0.2) is 0 Å². The number of benzene rings is 1. The molecule has 0 spiro atoms. The third kappa shape index (κ3) is 1.64. The van der Waals surface area contributed by atoms with Crippen LogP contribution in [0.4, 0.5) is 0 Å². The molecule has 0 radical (unpaired) electrons. The lowest BCUT2D eigenvalue weighted by molar-refractivity contribution is 0.326. The molecule has 0 aliphatic carbocycles. The van der Waals surface area contributed by atoms with Gasteiger partial charge in [0.15, 0.2) is 5.69 Å². The number of rotatable bonds is 0. The molecule has 3 rings (SSSR count). The largest absolute Gasteiger partial charge is 0.491 e. The molecule has 1 aromatic carbocycles. The first-order valence-electron chi connectivity index (χ1n) is 5.30. The molecule has 0 unspecified atom stereocenters. The van der Waals surface area contributed by atoms with Gasteiger partial charge in [0, 0.05) is 22.6 Å². The predicted molar refractivity (Wildman–Crippen MR) is 68.0 cm³/mol. The molecule has 2 heterocycles. The molecule has 1 aliphatic rings. The minimum absolute atomic E-state index is 0.387. The van der Waals surface area contributed by atoms with Crippen LogP contribution in [0.2, 0.25) is 10.0 Å². The lowest BCUT2D eigenvalue weighted by Crippen LogP contribution is -2.00. The topological polar surface area (TPSA) is 61.7 Å². The third-order valence-corrected chi connectivity index (χ3v) is 3.35. The number of hydrogen-bond acceptors (Lipinski definition) is 3. The molecular weight excluding hydrogens is 273 g/mol. The number of nitrogens with one attached hydrogen (secondary N) is 1. The van der Waals surface area contributed by atoms with E-state index >= 15 is 0 Å². The van der Waals surface area contributed by atoms with Gasteiger partial charge in [-0.05, 0) is 12.1 Å². The van der Waals surface area contributed by atoms with E-state index in [-0.39, 0.29) is 0 Å². The average Bonchev–Trinajstić information content (AvgIpc) is 2.65. The summed E-state index contributed by atoms with van der Waals surface area (Å²) in [6.45, 7) is 0.454. The second kappa shape index (κ2) is 4.20. The number of H-pyrrole nitrogens is 1. The van der Waals surface area contributed by atoms with Gasteiger partial charge >= 0.3 is 0 Å². The second-order valence-electron chi connectivity index (χ2n) is 3.90. The van der Waals surface area contributed by atoms with Gasteiger partial charge in [0.2, 0.25) is 0 Å². The summed E-state index contributed by atoms with van der Waals surface area (Å²) in [5.41, 5.74) is 2.73. The Labute approximate surface area is 113 Å². The molecule has 0 saturated heterocycles. The number of nitriles is 1. The van der Waals surface area contributed by atoms with Crippen LogP contribution in [0.25, 0.3) is 11.3 Å². The Morgan fingerprint density at radius 3 is 3.00 bits per heavy atom. The van der Waals surface area contributed by atoms with Crippen LogP contribution in [-0.2, 0) is 6.42 Å². The van der Waals surface area contributed by atoms with Crippen LogP contribution in [0, 0.1) is 11.3 Å². The fourth-order valence-electron chi connectivity index (χ4n) is 2.07. The van der Waals surface area contributed by atoms with Gasteiger partial charge in [-0.1, -0.05) is 23.2 Å². The molecule has 18 heavy (non-hydrogen) atoms. The second-order valence-corrected chi connectivity index (χ2v) is 4.74. The van der Waals surface area contributed by atoms with Crippen molar-refractivity contribution in [3.63, 3.8) is 0 Å². The highest BCUT2D eigenvalue weighted by atomic mass is 35.5. The Morgan fingerprint density at radius 1 is 1.39 bits per heavy atom. The number of aromatic amines is 1. The summed E-state index contributed by atoms with van der Waals surface area (Å²) >= 11 is 12.1. The zero-order valence-corrected chi connectivity index (χ0v) is 10.6. The van der Waals surface area contributed by atoms with E-state index < -0.39 is 0 Å². The number of aromatic nitrogens is 2. The highest BCUT2D eigenvalue weighted by molar-refractivity contribution is 6.36. The fourth-order valence-corrected chi connectivity index (χ4v) is 2.62. The van der Waals surface area contributed by atoms with E-state index in [9.17, 15) is 0 Å². The molecule has 0 saturated carbocycles. The van der Waals surface area contributed by atoms with E-state index in [1.807, 2.05) is 0 Å². The molecule has 1 aromatic heterocycles. The minimum Gasteiger partial charge on any atom is -0.491 e. The van der Waals surface area contributed by atoms with Crippen molar-refractivity contribution in [2.24, 2.45) is 0 Å². The Balaban J connectivity index is 2.31. The van der Waals surface area contributed by atoms with Crippen molar-refractivity contribution in [3.05, 3.63) is 33.4 Å².